The van der Waals surface area contributed by atoms with E-state index in [0.29, 0.717) is 39.8 Å². The van der Waals surface area contributed by atoms with Crippen molar-refractivity contribution >= 4 is 46.3 Å². The third-order valence-electron chi connectivity index (χ3n) is 5.87. The average Bonchev–Trinajstić information content (AvgIpc) is 2.87. The zero-order chi connectivity index (χ0) is 24.8. The van der Waals surface area contributed by atoms with E-state index in [4.69, 9.17) is 16.3 Å². The van der Waals surface area contributed by atoms with Crippen molar-refractivity contribution in [2.24, 2.45) is 0 Å². The van der Waals surface area contributed by atoms with Crippen LogP contribution in [-0.2, 0) is 4.79 Å². The van der Waals surface area contributed by atoms with Crippen LogP contribution in [0.5, 0.6) is 5.75 Å². The van der Waals surface area contributed by atoms with Crippen LogP contribution in [0.4, 0.5) is 28.8 Å². The molecule has 0 radical (unpaired) electrons. The first-order valence-electron chi connectivity index (χ1n) is 11.8. The number of nitrogens with zero attached hydrogens (tertiary/aromatic N) is 2. The van der Waals surface area contributed by atoms with Crippen LogP contribution in [0.1, 0.15) is 51.0 Å². The molecule has 1 aliphatic rings. The number of para-hydroxylation sites is 1. The molecule has 3 N–H and O–H groups in total. The molecule has 1 heterocycles. The van der Waals surface area contributed by atoms with E-state index in [1.54, 1.807) is 25.4 Å². The van der Waals surface area contributed by atoms with Crippen LogP contribution < -0.4 is 20.7 Å². The molecule has 0 fully saturated rings. The van der Waals surface area contributed by atoms with Gasteiger partial charge in [-0.05, 0) is 61.4 Å². The van der Waals surface area contributed by atoms with Crippen LogP contribution in [0.2, 0.25) is 5.02 Å². The number of methoxy groups -OCH3 is 1. The smallest absolute Gasteiger partial charge is 0.251 e. The number of halogens is 1. The molecule has 0 unspecified atom stereocenters. The maximum atomic E-state index is 12.6. The third kappa shape index (κ3) is 6.11. The summed E-state index contributed by atoms with van der Waals surface area (Å²) in [4.78, 5) is 21.6. The molecule has 0 atom stereocenters. The highest BCUT2D eigenvalue weighted by Gasteiger charge is 2.15. The van der Waals surface area contributed by atoms with Crippen LogP contribution in [0.15, 0.2) is 60.3 Å². The van der Waals surface area contributed by atoms with Crippen LogP contribution in [0.3, 0.4) is 0 Å². The predicted octanol–water partition coefficient (Wildman–Crippen LogP) is 7.19. The van der Waals surface area contributed by atoms with Crippen molar-refractivity contribution in [2.45, 2.75) is 45.4 Å². The lowest BCUT2D eigenvalue weighted by atomic mass is 9.99. The van der Waals surface area contributed by atoms with E-state index in [9.17, 15) is 4.79 Å². The summed E-state index contributed by atoms with van der Waals surface area (Å²) in [6.45, 7) is 4.27. The summed E-state index contributed by atoms with van der Waals surface area (Å²) < 4.78 is 5.50. The first-order chi connectivity index (χ1) is 16.9. The monoisotopic (exact) mass is 491 g/mol. The summed E-state index contributed by atoms with van der Waals surface area (Å²) in [5, 5.41) is 9.92. The van der Waals surface area contributed by atoms with E-state index in [1.165, 1.54) is 0 Å². The van der Waals surface area contributed by atoms with Crippen molar-refractivity contribution in [3.8, 4) is 5.75 Å². The second-order valence-electron chi connectivity index (χ2n) is 8.73. The van der Waals surface area contributed by atoms with Gasteiger partial charge in [-0.3, -0.25) is 4.79 Å². The van der Waals surface area contributed by atoms with Gasteiger partial charge in [-0.25, -0.2) is 4.98 Å². The zero-order valence-corrected chi connectivity index (χ0v) is 20.9. The number of aromatic nitrogens is 2. The highest BCUT2D eigenvalue weighted by molar-refractivity contribution is 6.32. The van der Waals surface area contributed by atoms with Gasteiger partial charge in [-0.2, -0.15) is 4.98 Å². The standard InChI is InChI=1S/C27H30ClN5O2/c1-17(2)20-11-7-8-12-22(20)31-25-21(28)16-29-27(33-25)32-23-15-19(13-14-24(23)35-3)30-26(34)18-9-5-4-6-10-18/h7-9,11-17H,4-6,10H2,1-3H3,(H,30,34)(H2,29,31,32,33). The van der Waals surface area contributed by atoms with E-state index < -0.39 is 0 Å². The largest absolute Gasteiger partial charge is 0.495 e. The van der Waals surface area contributed by atoms with Gasteiger partial charge < -0.3 is 20.7 Å². The van der Waals surface area contributed by atoms with Gasteiger partial charge in [0, 0.05) is 16.9 Å². The summed E-state index contributed by atoms with van der Waals surface area (Å²) >= 11 is 6.40. The SMILES string of the molecule is COc1ccc(NC(=O)C2=CCCCC2)cc1Nc1ncc(Cl)c(Nc2ccccc2C(C)C)n1. The molecule has 4 rings (SSSR count). The maximum absolute atomic E-state index is 12.6. The van der Waals surface area contributed by atoms with Crippen molar-refractivity contribution in [2.75, 3.05) is 23.1 Å². The Morgan fingerprint density at radius 3 is 2.66 bits per heavy atom. The van der Waals surface area contributed by atoms with Gasteiger partial charge in [-0.1, -0.05) is 49.7 Å². The van der Waals surface area contributed by atoms with Crippen molar-refractivity contribution in [3.05, 3.63) is 70.9 Å². The summed E-state index contributed by atoms with van der Waals surface area (Å²) in [6.07, 6.45) is 7.50. The number of hydrogen-bond donors (Lipinski definition) is 3. The Balaban J connectivity index is 1.56. The fourth-order valence-electron chi connectivity index (χ4n) is 4.02. The average molecular weight is 492 g/mol. The molecule has 1 aliphatic carbocycles. The first kappa shape index (κ1) is 24.5. The third-order valence-corrected chi connectivity index (χ3v) is 6.14. The Hall–Kier alpha value is -3.58. The molecule has 0 saturated carbocycles. The zero-order valence-electron chi connectivity index (χ0n) is 20.2. The molecule has 3 aromatic rings. The summed E-state index contributed by atoms with van der Waals surface area (Å²) in [5.74, 6) is 1.70. The Labute approximate surface area is 211 Å². The van der Waals surface area contributed by atoms with Gasteiger partial charge in [0.1, 0.15) is 10.8 Å². The Morgan fingerprint density at radius 2 is 1.91 bits per heavy atom. The molecule has 0 bridgehead atoms. The molecule has 35 heavy (non-hydrogen) atoms. The molecule has 1 amide bonds. The van der Waals surface area contributed by atoms with E-state index in [2.05, 4.69) is 45.8 Å². The molecule has 0 spiro atoms. The minimum Gasteiger partial charge on any atom is -0.495 e. The van der Waals surface area contributed by atoms with Gasteiger partial charge in [0.2, 0.25) is 5.95 Å². The minimum atomic E-state index is -0.0705. The number of nitrogens with one attached hydrogen (secondary N) is 3. The number of carbonyl (C=O) groups is 1. The lowest BCUT2D eigenvalue weighted by Gasteiger charge is -2.16. The second kappa shape index (κ2) is 11.2. The van der Waals surface area contributed by atoms with Crippen molar-refractivity contribution in [1.82, 2.24) is 9.97 Å². The van der Waals surface area contributed by atoms with Gasteiger partial charge in [-0.15, -0.1) is 0 Å². The number of amides is 1. The fourth-order valence-corrected chi connectivity index (χ4v) is 4.15. The molecule has 1 aromatic heterocycles. The topological polar surface area (TPSA) is 88.2 Å². The Kier molecular flexibility index (Phi) is 7.87. The molecular formula is C27H30ClN5O2. The number of benzene rings is 2. The number of rotatable bonds is 8. The number of carbonyl (C=O) groups excluding carboxylic acids is 1. The van der Waals surface area contributed by atoms with Gasteiger partial charge in [0.15, 0.2) is 5.82 Å². The van der Waals surface area contributed by atoms with Crippen molar-refractivity contribution in [1.29, 1.82) is 0 Å². The number of anilines is 5. The van der Waals surface area contributed by atoms with Crippen LogP contribution in [0, 0.1) is 0 Å². The summed E-state index contributed by atoms with van der Waals surface area (Å²) in [6, 6.07) is 13.5. The second-order valence-corrected chi connectivity index (χ2v) is 9.13. The predicted molar refractivity (Wildman–Crippen MR) is 142 cm³/mol. The number of hydrogen-bond acceptors (Lipinski definition) is 6. The normalized spacial score (nSPS) is 13.2. The highest BCUT2D eigenvalue weighted by Crippen LogP contribution is 2.33. The number of ether oxygens (including phenoxy) is 1. The quantitative estimate of drug-likeness (QED) is 0.309. The van der Waals surface area contributed by atoms with E-state index in [1.807, 2.05) is 30.3 Å². The molecule has 2 aromatic carbocycles. The molecule has 8 heteroatoms. The van der Waals surface area contributed by atoms with Crippen LogP contribution in [-0.4, -0.2) is 23.0 Å². The van der Waals surface area contributed by atoms with E-state index >= 15 is 0 Å². The van der Waals surface area contributed by atoms with Gasteiger partial charge in [0.05, 0.1) is 19.0 Å². The lowest BCUT2D eigenvalue weighted by Crippen LogP contribution is -2.16. The maximum Gasteiger partial charge on any atom is 0.251 e. The van der Waals surface area contributed by atoms with Crippen molar-refractivity contribution < 1.29 is 9.53 Å². The Morgan fingerprint density at radius 1 is 1.09 bits per heavy atom. The molecular weight excluding hydrogens is 462 g/mol. The lowest BCUT2D eigenvalue weighted by molar-refractivity contribution is -0.113. The Bertz CT molecular complexity index is 1240. The van der Waals surface area contributed by atoms with Gasteiger partial charge >= 0.3 is 0 Å². The molecule has 182 valence electrons. The summed E-state index contributed by atoms with van der Waals surface area (Å²) in [5.41, 5.74) is 4.21. The molecule has 0 aliphatic heterocycles. The van der Waals surface area contributed by atoms with Crippen LogP contribution in [0.25, 0.3) is 0 Å². The summed E-state index contributed by atoms with van der Waals surface area (Å²) in [7, 11) is 1.59. The first-order valence-corrected chi connectivity index (χ1v) is 12.2. The van der Waals surface area contributed by atoms with Gasteiger partial charge in [0.25, 0.3) is 5.91 Å². The van der Waals surface area contributed by atoms with E-state index in [-0.39, 0.29) is 5.91 Å². The van der Waals surface area contributed by atoms with Crippen molar-refractivity contribution in [3.63, 3.8) is 0 Å². The number of allylic oxidation sites excluding steroid dienone is 1. The fraction of sp³-hybridized carbons (Fsp3) is 0.296. The molecule has 0 saturated heterocycles. The molecule has 7 nitrogen and oxygen atoms in total. The minimum absolute atomic E-state index is 0.0705. The van der Waals surface area contributed by atoms with E-state index in [0.717, 1.165) is 42.5 Å². The highest BCUT2D eigenvalue weighted by atomic mass is 35.5. The van der Waals surface area contributed by atoms with Crippen LogP contribution >= 0.6 is 11.6 Å².